The van der Waals surface area contributed by atoms with Crippen LogP contribution in [0.5, 0.6) is 0 Å². The minimum atomic E-state index is -0.183. The van der Waals surface area contributed by atoms with Gasteiger partial charge >= 0.3 is 0 Å². The van der Waals surface area contributed by atoms with Gasteiger partial charge in [0.15, 0.2) is 16.1 Å². The molecule has 0 aliphatic carbocycles. The van der Waals surface area contributed by atoms with E-state index in [0.717, 1.165) is 10.2 Å². The molecule has 8 nitrogen and oxygen atoms in total. The Labute approximate surface area is 198 Å². The van der Waals surface area contributed by atoms with Gasteiger partial charge in [0.25, 0.3) is 5.91 Å². The van der Waals surface area contributed by atoms with E-state index in [1.165, 1.54) is 34.4 Å². The highest BCUT2D eigenvalue weighted by atomic mass is 79.9. The third-order valence-electron chi connectivity index (χ3n) is 3.95. The van der Waals surface area contributed by atoms with E-state index in [0.29, 0.717) is 21.0 Å². The lowest BCUT2D eigenvalue weighted by molar-refractivity contribution is -0.113. The number of thioether (sulfide) groups is 1. The average Bonchev–Trinajstić information content (AvgIpc) is 3.53. The molecule has 4 aromatic rings. The molecule has 1 aromatic carbocycles. The number of hydrogen-bond donors (Lipinski definition) is 2. The second kappa shape index (κ2) is 10.2. The van der Waals surface area contributed by atoms with Crippen LogP contribution in [-0.4, -0.2) is 37.3 Å². The summed E-state index contributed by atoms with van der Waals surface area (Å²) in [7, 11) is 0. The maximum atomic E-state index is 12.3. The van der Waals surface area contributed by atoms with Gasteiger partial charge in [-0.2, -0.15) is 0 Å². The molecule has 4 rings (SSSR count). The number of amides is 2. The van der Waals surface area contributed by atoms with E-state index in [1.54, 1.807) is 17.6 Å². The topological polar surface area (TPSA) is 102 Å². The van der Waals surface area contributed by atoms with Crippen LogP contribution >= 0.6 is 50.4 Å². The summed E-state index contributed by atoms with van der Waals surface area (Å²) in [6, 6.07) is 11.2. The first-order valence-electron chi connectivity index (χ1n) is 8.94. The predicted octanol–water partition coefficient (Wildman–Crippen LogP) is 4.21. The number of hydrogen-bond acceptors (Lipinski definition) is 8. The molecule has 0 radical (unpaired) electrons. The first-order valence-corrected chi connectivity index (χ1v) is 12.5. The smallest absolute Gasteiger partial charge is 0.261 e. The van der Waals surface area contributed by atoms with Crippen molar-refractivity contribution in [2.75, 3.05) is 11.1 Å². The van der Waals surface area contributed by atoms with Gasteiger partial charge < -0.3 is 10.6 Å². The molecule has 0 bridgehead atoms. The summed E-state index contributed by atoms with van der Waals surface area (Å²) in [6.45, 7) is 0.200. The number of rotatable bonds is 8. The van der Waals surface area contributed by atoms with Gasteiger partial charge in [0.1, 0.15) is 0 Å². The molecular weight excluding hydrogens is 520 g/mol. The number of nitrogens with one attached hydrogen (secondary N) is 2. The van der Waals surface area contributed by atoms with Gasteiger partial charge in [-0.25, -0.2) is 4.98 Å². The highest BCUT2D eigenvalue weighted by Gasteiger charge is 2.17. The number of anilines is 1. The number of carbonyl (C=O) groups is 2. The summed E-state index contributed by atoms with van der Waals surface area (Å²) in [5.74, 6) is 0.362. The van der Waals surface area contributed by atoms with Gasteiger partial charge in [-0.1, -0.05) is 33.8 Å². The number of thiophene rings is 1. The van der Waals surface area contributed by atoms with E-state index in [9.17, 15) is 9.59 Å². The Kier molecular flexibility index (Phi) is 7.12. The molecule has 0 aliphatic rings. The van der Waals surface area contributed by atoms with Crippen molar-refractivity contribution < 1.29 is 9.59 Å². The van der Waals surface area contributed by atoms with Crippen molar-refractivity contribution in [3.05, 3.63) is 68.5 Å². The summed E-state index contributed by atoms with van der Waals surface area (Å²) >= 11 is 7.43. The molecule has 12 heteroatoms. The Morgan fingerprint density at radius 1 is 1.10 bits per heavy atom. The molecule has 0 saturated heterocycles. The Morgan fingerprint density at radius 3 is 2.65 bits per heavy atom. The molecule has 31 heavy (non-hydrogen) atoms. The molecule has 158 valence electrons. The van der Waals surface area contributed by atoms with Crippen LogP contribution in [0, 0.1) is 0 Å². The van der Waals surface area contributed by atoms with Gasteiger partial charge in [-0.05, 0) is 35.7 Å². The predicted molar refractivity (Wildman–Crippen MR) is 126 cm³/mol. The molecule has 3 aromatic heterocycles. The first kappa shape index (κ1) is 21.7. The average molecular weight is 535 g/mol. The van der Waals surface area contributed by atoms with Crippen molar-refractivity contribution >= 4 is 67.3 Å². The van der Waals surface area contributed by atoms with Crippen LogP contribution in [0.3, 0.4) is 0 Å². The van der Waals surface area contributed by atoms with E-state index >= 15 is 0 Å². The number of carbonyl (C=O) groups excluding carboxylic acids is 2. The summed E-state index contributed by atoms with van der Waals surface area (Å²) in [5.41, 5.74) is 0.830. The Bertz CT molecular complexity index is 1160. The molecular formula is C19H15BrN6O2S3. The van der Waals surface area contributed by atoms with Crippen molar-refractivity contribution in [3.8, 4) is 5.69 Å². The number of halogens is 1. The van der Waals surface area contributed by atoms with Crippen LogP contribution in [0.15, 0.2) is 63.0 Å². The maximum Gasteiger partial charge on any atom is 0.261 e. The van der Waals surface area contributed by atoms with Gasteiger partial charge in [-0.3, -0.25) is 14.2 Å². The lowest BCUT2D eigenvalue weighted by Crippen LogP contribution is -2.24. The van der Waals surface area contributed by atoms with Crippen molar-refractivity contribution in [2.24, 2.45) is 0 Å². The molecule has 3 heterocycles. The van der Waals surface area contributed by atoms with Gasteiger partial charge in [0, 0.05) is 21.7 Å². The molecule has 2 N–H and O–H groups in total. The van der Waals surface area contributed by atoms with Crippen LogP contribution in [-0.2, 0) is 11.3 Å². The van der Waals surface area contributed by atoms with Gasteiger partial charge in [0.05, 0.1) is 17.2 Å². The minimum absolute atomic E-state index is 0.149. The number of nitrogens with zero attached hydrogens (tertiary/aromatic N) is 4. The lowest BCUT2D eigenvalue weighted by atomic mass is 10.3. The molecule has 0 atom stereocenters. The van der Waals surface area contributed by atoms with E-state index in [2.05, 4.69) is 41.7 Å². The second-order valence-corrected chi connectivity index (χ2v) is 9.75. The van der Waals surface area contributed by atoms with E-state index in [1.807, 2.05) is 40.3 Å². The number of benzene rings is 1. The zero-order valence-electron chi connectivity index (χ0n) is 15.8. The molecule has 2 amide bonds. The zero-order valence-corrected chi connectivity index (χ0v) is 19.9. The fraction of sp³-hybridized carbons (Fsp3) is 0.105. The highest BCUT2D eigenvalue weighted by molar-refractivity contribution is 9.10. The molecule has 0 unspecified atom stereocenters. The Balaban J connectivity index is 1.51. The summed E-state index contributed by atoms with van der Waals surface area (Å²) in [6.07, 6.45) is 1.63. The van der Waals surface area contributed by atoms with Crippen LogP contribution < -0.4 is 10.6 Å². The summed E-state index contributed by atoms with van der Waals surface area (Å²) < 4.78 is 2.77. The van der Waals surface area contributed by atoms with E-state index < -0.39 is 0 Å². The van der Waals surface area contributed by atoms with Crippen LogP contribution in [0.1, 0.15) is 15.5 Å². The Hall–Kier alpha value is -2.54. The first-order chi connectivity index (χ1) is 15.1. The van der Waals surface area contributed by atoms with Crippen LogP contribution in [0.2, 0.25) is 0 Å². The standard InChI is InChI=1S/C19H15BrN6O2S3/c20-12-3-5-13(6-4-12)26-15(10-22-17(28)14-2-1-8-29-14)24-25-19(26)31-11-16(27)23-18-21-7-9-30-18/h1-9H,10-11H2,(H,22,28)(H,21,23,27). The van der Waals surface area contributed by atoms with Crippen molar-refractivity contribution in [2.45, 2.75) is 11.7 Å². The monoisotopic (exact) mass is 534 g/mol. The molecule has 0 saturated carbocycles. The fourth-order valence-electron chi connectivity index (χ4n) is 2.58. The zero-order chi connectivity index (χ0) is 21.6. The third kappa shape index (κ3) is 5.58. The minimum Gasteiger partial charge on any atom is -0.344 e. The van der Waals surface area contributed by atoms with E-state index in [-0.39, 0.29) is 24.1 Å². The van der Waals surface area contributed by atoms with Crippen molar-refractivity contribution in [3.63, 3.8) is 0 Å². The van der Waals surface area contributed by atoms with Crippen molar-refractivity contribution in [1.82, 2.24) is 25.1 Å². The largest absolute Gasteiger partial charge is 0.344 e. The second-order valence-electron chi connectivity index (χ2n) is 6.04. The molecule has 0 spiro atoms. The number of thiazole rings is 1. The van der Waals surface area contributed by atoms with Crippen LogP contribution in [0.25, 0.3) is 5.69 Å². The van der Waals surface area contributed by atoms with Crippen molar-refractivity contribution in [1.29, 1.82) is 0 Å². The summed E-state index contributed by atoms with van der Waals surface area (Å²) in [5, 5.41) is 18.9. The fourth-order valence-corrected chi connectivity index (χ4v) is 4.80. The Morgan fingerprint density at radius 2 is 1.94 bits per heavy atom. The van der Waals surface area contributed by atoms with E-state index in [4.69, 9.17) is 0 Å². The third-order valence-corrected chi connectivity index (χ3v) is 6.96. The lowest BCUT2D eigenvalue weighted by Gasteiger charge is -2.11. The molecule has 0 aliphatic heterocycles. The summed E-state index contributed by atoms with van der Waals surface area (Å²) in [4.78, 5) is 29.2. The number of aromatic nitrogens is 4. The highest BCUT2D eigenvalue weighted by Crippen LogP contribution is 2.24. The van der Waals surface area contributed by atoms with Gasteiger partial charge in [-0.15, -0.1) is 32.9 Å². The SMILES string of the molecule is O=C(CSc1nnc(CNC(=O)c2cccs2)n1-c1ccc(Br)cc1)Nc1nccs1. The molecule has 0 fully saturated rings. The van der Waals surface area contributed by atoms with Crippen LogP contribution in [0.4, 0.5) is 5.13 Å². The quantitative estimate of drug-likeness (QED) is 0.328. The normalized spacial score (nSPS) is 10.7. The van der Waals surface area contributed by atoms with Gasteiger partial charge in [0.2, 0.25) is 5.91 Å². The maximum absolute atomic E-state index is 12.3.